The number of amides is 1. The molecule has 1 fully saturated rings. The number of carbonyl (C=O) groups is 2. The van der Waals surface area contributed by atoms with Gasteiger partial charge in [-0.2, -0.15) is 0 Å². The number of piperidine rings is 1. The Balaban J connectivity index is 2.26. The molecule has 1 aliphatic rings. The SMILES string of the molecule is Cc1ccccc1N1CCC[C@@H](C(=O)C(C)C)C1=O. The van der Waals surface area contributed by atoms with Gasteiger partial charge in [-0.15, -0.1) is 0 Å². The minimum absolute atomic E-state index is 0.0285. The molecule has 0 unspecified atom stereocenters. The Morgan fingerprint density at radius 3 is 2.63 bits per heavy atom. The van der Waals surface area contributed by atoms with Gasteiger partial charge in [-0.25, -0.2) is 0 Å². The Kier molecular flexibility index (Phi) is 4.03. The number of anilines is 1. The van der Waals surface area contributed by atoms with Gasteiger partial charge in [-0.05, 0) is 31.4 Å². The number of nitrogens with zero attached hydrogens (tertiary/aromatic N) is 1. The van der Waals surface area contributed by atoms with Gasteiger partial charge in [0.15, 0.2) is 0 Å². The highest BCUT2D eigenvalue weighted by Gasteiger charge is 2.35. The molecule has 3 nitrogen and oxygen atoms in total. The lowest BCUT2D eigenvalue weighted by atomic mass is 9.87. The summed E-state index contributed by atoms with van der Waals surface area (Å²) in [6, 6.07) is 7.85. The number of benzene rings is 1. The molecule has 3 heteroatoms. The molecular formula is C16H21NO2. The monoisotopic (exact) mass is 259 g/mol. The van der Waals surface area contributed by atoms with Crippen molar-refractivity contribution in [3.63, 3.8) is 0 Å². The average molecular weight is 259 g/mol. The third-order valence-electron chi connectivity index (χ3n) is 3.76. The summed E-state index contributed by atoms with van der Waals surface area (Å²) in [5.41, 5.74) is 2.02. The Labute approximate surface area is 114 Å². The van der Waals surface area contributed by atoms with Crippen molar-refractivity contribution in [2.45, 2.75) is 33.6 Å². The van der Waals surface area contributed by atoms with E-state index in [9.17, 15) is 9.59 Å². The second-order valence-electron chi connectivity index (χ2n) is 5.53. The molecule has 0 aromatic heterocycles. The lowest BCUT2D eigenvalue weighted by Crippen LogP contribution is -2.45. The summed E-state index contributed by atoms with van der Waals surface area (Å²) >= 11 is 0. The molecule has 1 saturated heterocycles. The summed E-state index contributed by atoms with van der Waals surface area (Å²) in [6.45, 7) is 6.44. The first-order valence-electron chi connectivity index (χ1n) is 6.93. The Morgan fingerprint density at radius 2 is 2.00 bits per heavy atom. The van der Waals surface area contributed by atoms with Crippen LogP contribution in [-0.2, 0) is 9.59 Å². The van der Waals surface area contributed by atoms with Crippen molar-refractivity contribution in [2.24, 2.45) is 11.8 Å². The van der Waals surface area contributed by atoms with Crippen LogP contribution in [0.1, 0.15) is 32.3 Å². The first-order chi connectivity index (χ1) is 9.02. The second kappa shape index (κ2) is 5.55. The molecule has 1 aromatic carbocycles. The molecule has 19 heavy (non-hydrogen) atoms. The largest absolute Gasteiger partial charge is 0.312 e. The van der Waals surface area contributed by atoms with Crippen molar-refractivity contribution < 1.29 is 9.59 Å². The minimum atomic E-state index is -0.451. The molecule has 0 N–H and O–H groups in total. The maximum Gasteiger partial charge on any atom is 0.237 e. The smallest absolute Gasteiger partial charge is 0.237 e. The highest BCUT2D eigenvalue weighted by molar-refractivity contribution is 6.09. The Bertz CT molecular complexity index is 493. The quantitative estimate of drug-likeness (QED) is 0.783. The molecule has 1 atom stereocenters. The number of hydrogen-bond acceptors (Lipinski definition) is 2. The van der Waals surface area contributed by atoms with Gasteiger partial charge in [0.05, 0.1) is 5.92 Å². The molecule has 2 rings (SSSR count). The van der Waals surface area contributed by atoms with E-state index in [-0.39, 0.29) is 17.6 Å². The summed E-state index contributed by atoms with van der Waals surface area (Å²) in [5.74, 6) is -0.485. The zero-order valence-electron chi connectivity index (χ0n) is 11.8. The van der Waals surface area contributed by atoms with Crippen LogP contribution in [-0.4, -0.2) is 18.2 Å². The molecule has 0 spiro atoms. The van der Waals surface area contributed by atoms with E-state index in [2.05, 4.69) is 0 Å². The van der Waals surface area contributed by atoms with Crippen molar-refractivity contribution in [1.82, 2.24) is 0 Å². The van der Waals surface area contributed by atoms with Crippen molar-refractivity contribution in [3.8, 4) is 0 Å². The fourth-order valence-corrected chi connectivity index (χ4v) is 2.65. The number of Topliss-reactive ketones (excluding diaryl/α,β-unsaturated/α-hetero) is 1. The van der Waals surface area contributed by atoms with Gasteiger partial charge >= 0.3 is 0 Å². The van der Waals surface area contributed by atoms with E-state index in [0.29, 0.717) is 13.0 Å². The van der Waals surface area contributed by atoms with Crippen molar-refractivity contribution in [1.29, 1.82) is 0 Å². The average Bonchev–Trinajstić information content (AvgIpc) is 2.39. The molecule has 1 aliphatic heterocycles. The number of aryl methyl sites for hydroxylation is 1. The zero-order valence-corrected chi connectivity index (χ0v) is 11.8. The van der Waals surface area contributed by atoms with Gasteiger partial charge in [0, 0.05) is 18.2 Å². The number of hydrogen-bond donors (Lipinski definition) is 0. The number of para-hydroxylation sites is 1. The van der Waals surface area contributed by atoms with E-state index in [4.69, 9.17) is 0 Å². The van der Waals surface area contributed by atoms with E-state index >= 15 is 0 Å². The lowest BCUT2D eigenvalue weighted by molar-refractivity contribution is -0.135. The lowest BCUT2D eigenvalue weighted by Gasteiger charge is -2.33. The molecule has 1 heterocycles. The van der Waals surface area contributed by atoms with Crippen LogP contribution in [0.4, 0.5) is 5.69 Å². The van der Waals surface area contributed by atoms with Gasteiger partial charge in [0.25, 0.3) is 0 Å². The first-order valence-corrected chi connectivity index (χ1v) is 6.93. The summed E-state index contributed by atoms with van der Waals surface area (Å²) in [5, 5.41) is 0. The zero-order chi connectivity index (χ0) is 14.0. The highest BCUT2D eigenvalue weighted by Crippen LogP contribution is 2.28. The van der Waals surface area contributed by atoms with E-state index in [1.54, 1.807) is 4.90 Å². The summed E-state index contributed by atoms with van der Waals surface area (Å²) in [7, 11) is 0. The molecule has 0 aliphatic carbocycles. The van der Waals surface area contributed by atoms with Crippen LogP contribution in [0.15, 0.2) is 24.3 Å². The highest BCUT2D eigenvalue weighted by atomic mass is 16.2. The van der Waals surface area contributed by atoms with Crippen LogP contribution in [0.25, 0.3) is 0 Å². The normalized spacial score (nSPS) is 19.9. The first kappa shape index (κ1) is 13.8. The number of carbonyl (C=O) groups excluding carboxylic acids is 2. The van der Waals surface area contributed by atoms with Gasteiger partial charge in [-0.3, -0.25) is 9.59 Å². The van der Waals surface area contributed by atoms with Gasteiger partial charge < -0.3 is 4.90 Å². The van der Waals surface area contributed by atoms with Gasteiger partial charge in [0.1, 0.15) is 5.78 Å². The van der Waals surface area contributed by atoms with Crippen LogP contribution in [0, 0.1) is 18.8 Å². The van der Waals surface area contributed by atoms with Gasteiger partial charge in [-0.1, -0.05) is 32.0 Å². The van der Waals surface area contributed by atoms with E-state index in [1.165, 1.54) is 0 Å². The fraction of sp³-hybridized carbons (Fsp3) is 0.500. The minimum Gasteiger partial charge on any atom is -0.312 e. The predicted octanol–water partition coefficient (Wildman–Crippen LogP) is 2.96. The molecule has 1 amide bonds. The van der Waals surface area contributed by atoms with Crippen LogP contribution < -0.4 is 4.90 Å². The fourth-order valence-electron chi connectivity index (χ4n) is 2.65. The molecule has 0 bridgehead atoms. The third kappa shape index (κ3) is 2.70. The molecule has 0 radical (unpaired) electrons. The Hall–Kier alpha value is -1.64. The van der Waals surface area contributed by atoms with Crippen LogP contribution >= 0.6 is 0 Å². The third-order valence-corrected chi connectivity index (χ3v) is 3.76. The molecule has 1 aromatic rings. The van der Waals surface area contributed by atoms with E-state index < -0.39 is 5.92 Å². The second-order valence-corrected chi connectivity index (χ2v) is 5.53. The summed E-state index contributed by atoms with van der Waals surface area (Å²) in [4.78, 5) is 26.4. The van der Waals surface area contributed by atoms with E-state index in [0.717, 1.165) is 17.7 Å². The standard InChI is InChI=1S/C16H21NO2/c1-11(2)15(18)13-8-6-10-17(16(13)19)14-9-5-4-7-12(14)3/h4-5,7,9,11,13H,6,8,10H2,1-3H3/t13-/m0/s1. The maximum atomic E-state index is 12.5. The predicted molar refractivity (Wildman–Crippen MR) is 76.1 cm³/mol. The maximum absolute atomic E-state index is 12.5. The summed E-state index contributed by atoms with van der Waals surface area (Å²) in [6.07, 6.45) is 1.58. The van der Waals surface area contributed by atoms with Crippen molar-refractivity contribution in [2.75, 3.05) is 11.4 Å². The van der Waals surface area contributed by atoms with Crippen LogP contribution in [0.3, 0.4) is 0 Å². The van der Waals surface area contributed by atoms with Crippen LogP contribution in [0.2, 0.25) is 0 Å². The molecule has 102 valence electrons. The van der Waals surface area contributed by atoms with Crippen LogP contribution in [0.5, 0.6) is 0 Å². The topological polar surface area (TPSA) is 37.4 Å². The molecular weight excluding hydrogens is 238 g/mol. The van der Waals surface area contributed by atoms with Crippen molar-refractivity contribution >= 4 is 17.4 Å². The van der Waals surface area contributed by atoms with E-state index in [1.807, 2.05) is 45.0 Å². The Morgan fingerprint density at radius 1 is 1.32 bits per heavy atom. The van der Waals surface area contributed by atoms with Gasteiger partial charge in [0.2, 0.25) is 5.91 Å². The number of ketones is 1. The number of rotatable bonds is 3. The summed E-state index contributed by atoms with van der Waals surface area (Å²) < 4.78 is 0. The van der Waals surface area contributed by atoms with Crippen molar-refractivity contribution in [3.05, 3.63) is 29.8 Å². The molecule has 0 saturated carbocycles.